The summed E-state index contributed by atoms with van der Waals surface area (Å²) < 4.78 is 78.7. The number of carbonyl (C=O) groups is 1. The van der Waals surface area contributed by atoms with Crippen LogP contribution in [-0.4, -0.2) is 17.1 Å². The van der Waals surface area contributed by atoms with E-state index in [1.54, 1.807) is 18.5 Å². The molecule has 1 aromatic heterocycles. The van der Waals surface area contributed by atoms with E-state index in [1.165, 1.54) is 0 Å². The molecule has 0 atom stereocenters. The molecule has 1 aromatic carbocycles. The third-order valence-electron chi connectivity index (χ3n) is 5.92. The molecule has 1 heterocycles. The fourth-order valence-electron chi connectivity index (χ4n) is 4.13. The predicted octanol–water partition coefficient (Wildman–Crippen LogP) is 6.11. The van der Waals surface area contributed by atoms with E-state index in [2.05, 4.69) is 15.6 Å². The summed E-state index contributed by atoms with van der Waals surface area (Å²) >= 11 is 0. The maximum atomic E-state index is 13.3. The monoisotopic (exact) mass is 473 g/mol. The summed E-state index contributed by atoms with van der Waals surface area (Å²) in [7, 11) is 0. The SMILES string of the molecule is O=C(NCc1cccnc1)NC1CCC(CCc2cc(C(F)(F)F)ccc2C(F)(F)F)CC1. The highest BCUT2D eigenvalue weighted by atomic mass is 19.4. The molecule has 0 unspecified atom stereocenters. The minimum Gasteiger partial charge on any atom is -0.335 e. The quantitative estimate of drug-likeness (QED) is 0.498. The van der Waals surface area contributed by atoms with Crippen molar-refractivity contribution < 1.29 is 31.1 Å². The highest BCUT2D eigenvalue weighted by molar-refractivity contribution is 5.74. The van der Waals surface area contributed by atoms with Gasteiger partial charge in [0.15, 0.2) is 0 Å². The third-order valence-corrected chi connectivity index (χ3v) is 5.92. The van der Waals surface area contributed by atoms with Crippen molar-refractivity contribution in [1.82, 2.24) is 15.6 Å². The Hall–Kier alpha value is -2.78. The summed E-state index contributed by atoms with van der Waals surface area (Å²) in [6, 6.07) is 4.87. The molecular formula is C23H25F6N3O. The number of pyridine rings is 1. The standard InChI is InChI=1S/C23H25F6N3O/c24-22(25,26)18-7-10-20(23(27,28)29)17(12-18)6-3-15-4-8-19(9-5-15)32-21(33)31-14-16-2-1-11-30-13-16/h1-2,7,10-13,15,19H,3-6,8-9,14H2,(H2,31,32,33). The lowest BCUT2D eigenvalue weighted by atomic mass is 9.82. The minimum atomic E-state index is -4.70. The summed E-state index contributed by atoms with van der Waals surface area (Å²) in [5, 5.41) is 5.65. The van der Waals surface area contributed by atoms with E-state index in [1.807, 2.05) is 6.07 Å². The van der Waals surface area contributed by atoms with Crippen molar-refractivity contribution in [3.63, 3.8) is 0 Å². The van der Waals surface area contributed by atoms with Crippen molar-refractivity contribution in [1.29, 1.82) is 0 Å². The van der Waals surface area contributed by atoms with E-state index in [9.17, 15) is 31.1 Å². The lowest BCUT2D eigenvalue weighted by molar-refractivity contribution is -0.141. The van der Waals surface area contributed by atoms with Crippen LogP contribution in [0, 0.1) is 5.92 Å². The Morgan fingerprint density at radius 2 is 1.73 bits per heavy atom. The largest absolute Gasteiger partial charge is 0.416 e. The zero-order valence-electron chi connectivity index (χ0n) is 17.8. The lowest BCUT2D eigenvalue weighted by Gasteiger charge is -2.29. The second kappa shape index (κ2) is 10.4. The number of nitrogens with one attached hydrogen (secondary N) is 2. The number of amides is 2. The first kappa shape index (κ1) is 24.9. The fourth-order valence-corrected chi connectivity index (χ4v) is 4.13. The average Bonchev–Trinajstić information content (AvgIpc) is 2.76. The molecule has 3 rings (SSSR count). The third kappa shape index (κ3) is 7.36. The topological polar surface area (TPSA) is 54.0 Å². The fraction of sp³-hybridized carbons (Fsp3) is 0.478. The average molecular weight is 473 g/mol. The van der Waals surface area contributed by atoms with Crippen molar-refractivity contribution >= 4 is 6.03 Å². The number of halogens is 6. The van der Waals surface area contributed by atoms with Gasteiger partial charge in [0.05, 0.1) is 11.1 Å². The molecule has 1 aliphatic rings. The second-order valence-corrected chi connectivity index (χ2v) is 8.31. The molecule has 0 saturated heterocycles. The van der Waals surface area contributed by atoms with Crippen LogP contribution in [0.3, 0.4) is 0 Å². The van der Waals surface area contributed by atoms with Crippen LogP contribution in [0.5, 0.6) is 0 Å². The van der Waals surface area contributed by atoms with Gasteiger partial charge in [-0.3, -0.25) is 4.98 Å². The first-order valence-corrected chi connectivity index (χ1v) is 10.7. The Kier molecular flexibility index (Phi) is 7.86. The van der Waals surface area contributed by atoms with Crippen molar-refractivity contribution in [3.05, 3.63) is 65.0 Å². The number of alkyl halides is 6. The van der Waals surface area contributed by atoms with E-state index >= 15 is 0 Å². The number of urea groups is 1. The van der Waals surface area contributed by atoms with E-state index in [0.717, 1.165) is 5.56 Å². The molecule has 2 aromatic rings. The normalized spacial score (nSPS) is 19.2. The maximum Gasteiger partial charge on any atom is 0.416 e. The van der Waals surface area contributed by atoms with Gasteiger partial charge in [-0.2, -0.15) is 26.3 Å². The van der Waals surface area contributed by atoms with Gasteiger partial charge in [-0.05, 0) is 79.8 Å². The summed E-state index contributed by atoms with van der Waals surface area (Å²) in [5.74, 6) is 0.0946. The molecule has 1 saturated carbocycles. The van der Waals surface area contributed by atoms with Crippen LogP contribution >= 0.6 is 0 Å². The predicted molar refractivity (Wildman–Crippen MR) is 110 cm³/mol. The first-order chi connectivity index (χ1) is 15.5. The molecule has 0 radical (unpaired) electrons. The van der Waals surface area contributed by atoms with Gasteiger partial charge in [-0.1, -0.05) is 6.07 Å². The van der Waals surface area contributed by atoms with Gasteiger partial charge in [0.1, 0.15) is 0 Å². The molecule has 180 valence electrons. The van der Waals surface area contributed by atoms with Gasteiger partial charge < -0.3 is 10.6 Å². The number of hydrogen-bond donors (Lipinski definition) is 2. The Morgan fingerprint density at radius 1 is 1.00 bits per heavy atom. The number of rotatable bonds is 6. The van der Waals surface area contributed by atoms with Crippen LogP contribution in [0.1, 0.15) is 54.4 Å². The summed E-state index contributed by atoms with van der Waals surface area (Å²) in [5.41, 5.74) is -1.55. The van der Waals surface area contributed by atoms with Crippen LogP contribution in [0.2, 0.25) is 0 Å². The lowest BCUT2D eigenvalue weighted by Crippen LogP contribution is -2.43. The molecule has 10 heteroatoms. The minimum absolute atomic E-state index is 0.0468. The first-order valence-electron chi connectivity index (χ1n) is 10.7. The molecule has 0 aliphatic heterocycles. The zero-order valence-corrected chi connectivity index (χ0v) is 17.8. The Balaban J connectivity index is 1.49. The van der Waals surface area contributed by atoms with Gasteiger partial charge in [0.2, 0.25) is 0 Å². The van der Waals surface area contributed by atoms with Gasteiger partial charge in [0, 0.05) is 25.0 Å². The summed E-state index contributed by atoms with van der Waals surface area (Å²) in [6.07, 6.45) is -3.11. The number of carbonyl (C=O) groups excluding carboxylic acids is 1. The highest BCUT2D eigenvalue weighted by Crippen LogP contribution is 2.38. The molecular weight excluding hydrogens is 448 g/mol. The number of benzene rings is 1. The van der Waals surface area contributed by atoms with Crippen LogP contribution in [0.25, 0.3) is 0 Å². The number of nitrogens with zero attached hydrogens (tertiary/aromatic N) is 1. The number of aryl methyl sites for hydroxylation is 1. The van der Waals surface area contributed by atoms with Crippen LogP contribution in [0.4, 0.5) is 31.1 Å². The molecule has 0 spiro atoms. The van der Waals surface area contributed by atoms with Gasteiger partial charge in [-0.15, -0.1) is 0 Å². The van der Waals surface area contributed by atoms with E-state index in [4.69, 9.17) is 0 Å². The molecule has 2 N–H and O–H groups in total. The molecule has 4 nitrogen and oxygen atoms in total. The van der Waals surface area contributed by atoms with Crippen LogP contribution in [-0.2, 0) is 25.3 Å². The van der Waals surface area contributed by atoms with Crippen molar-refractivity contribution in [3.8, 4) is 0 Å². The van der Waals surface area contributed by atoms with E-state index < -0.39 is 23.5 Å². The van der Waals surface area contributed by atoms with Crippen LogP contribution < -0.4 is 10.6 Å². The molecule has 1 fully saturated rings. The molecule has 33 heavy (non-hydrogen) atoms. The number of aromatic nitrogens is 1. The number of hydrogen-bond acceptors (Lipinski definition) is 2. The van der Waals surface area contributed by atoms with Gasteiger partial charge in [0.25, 0.3) is 0 Å². The molecule has 2 amide bonds. The van der Waals surface area contributed by atoms with Gasteiger partial charge >= 0.3 is 18.4 Å². The van der Waals surface area contributed by atoms with E-state index in [0.29, 0.717) is 56.8 Å². The zero-order chi connectivity index (χ0) is 24.1. The Bertz CT molecular complexity index is 922. The molecule has 1 aliphatic carbocycles. The maximum absolute atomic E-state index is 13.3. The molecule has 0 bridgehead atoms. The summed E-state index contributed by atoms with van der Waals surface area (Å²) in [4.78, 5) is 16.1. The van der Waals surface area contributed by atoms with Crippen molar-refractivity contribution in [2.24, 2.45) is 5.92 Å². The van der Waals surface area contributed by atoms with E-state index in [-0.39, 0.29) is 30.0 Å². The summed E-state index contributed by atoms with van der Waals surface area (Å²) in [6.45, 7) is 0.341. The Morgan fingerprint density at radius 3 is 2.33 bits per heavy atom. The van der Waals surface area contributed by atoms with Gasteiger partial charge in [-0.25, -0.2) is 4.79 Å². The van der Waals surface area contributed by atoms with Crippen molar-refractivity contribution in [2.45, 2.75) is 63.5 Å². The smallest absolute Gasteiger partial charge is 0.335 e. The Labute approximate surface area is 187 Å². The highest BCUT2D eigenvalue weighted by Gasteiger charge is 2.37. The van der Waals surface area contributed by atoms with Crippen molar-refractivity contribution in [2.75, 3.05) is 0 Å². The second-order valence-electron chi connectivity index (χ2n) is 8.31. The van der Waals surface area contributed by atoms with Crippen LogP contribution in [0.15, 0.2) is 42.7 Å².